The first-order valence-electron chi connectivity index (χ1n) is 9.38. The van der Waals surface area contributed by atoms with Crippen molar-refractivity contribution in [1.29, 1.82) is 0 Å². The molecule has 0 radical (unpaired) electrons. The molecule has 1 saturated carbocycles. The van der Waals surface area contributed by atoms with E-state index in [9.17, 15) is 18.0 Å². The lowest BCUT2D eigenvalue weighted by Crippen LogP contribution is -2.59. The van der Waals surface area contributed by atoms with E-state index in [0.29, 0.717) is 19.3 Å². The highest BCUT2D eigenvalue weighted by Gasteiger charge is 2.55. The van der Waals surface area contributed by atoms with Gasteiger partial charge in [0.2, 0.25) is 0 Å². The summed E-state index contributed by atoms with van der Waals surface area (Å²) in [6, 6.07) is 8.27. The minimum absolute atomic E-state index is 0.0516. The van der Waals surface area contributed by atoms with Crippen LogP contribution >= 0.6 is 0 Å². The molecule has 1 aromatic carbocycles. The number of benzene rings is 1. The molecule has 1 aromatic rings. The van der Waals surface area contributed by atoms with E-state index < -0.39 is 33.1 Å². The number of hydrogen-bond acceptors (Lipinski definition) is 7. The smallest absolute Gasteiger partial charge is 0.313 e. The van der Waals surface area contributed by atoms with Crippen molar-refractivity contribution in [3.63, 3.8) is 0 Å². The fraction of sp³-hybridized carbons (Fsp3) is 0.600. The lowest BCUT2D eigenvalue weighted by atomic mass is 9.71. The van der Waals surface area contributed by atoms with Crippen molar-refractivity contribution in [1.82, 2.24) is 0 Å². The first kappa shape index (κ1) is 21.0. The average Bonchev–Trinajstić information content (AvgIpc) is 2.60. The maximum absolute atomic E-state index is 12.8. The standard InChI is InChI=1S/C20H26O7S/c1-14(21)11-18(22)25-19(2)10-9-15-12-17(19)26-27-20(15,3)13-28(23,24)16-7-5-4-6-8-16/h4-8,15,17H,9-13H2,1-3H3/t15?,17?,19?,20-/m0/s1. The van der Waals surface area contributed by atoms with E-state index in [0.717, 1.165) is 0 Å². The van der Waals surface area contributed by atoms with Crippen LogP contribution in [0.15, 0.2) is 35.2 Å². The Hall–Kier alpha value is -1.77. The minimum Gasteiger partial charge on any atom is -0.456 e. The van der Waals surface area contributed by atoms with Crippen molar-refractivity contribution in [3.05, 3.63) is 30.3 Å². The summed E-state index contributed by atoms with van der Waals surface area (Å²) in [7, 11) is -3.54. The van der Waals surface area contributed by atoms with E-state index in [1.165, 1.54) is 6.92 Å². The maximum Gasteiger partial charge on any atom is 0.313 e. The number of ether oxygens (including phenoxy) is 1. The molecule has 2 bridgehead atoms. The van der Waals surface area contributed by atoms with Crippen molar-refractivity contribution in [3.8, 4) is 0 Å². The van der Waals surface area contributed by atoms with Crippen molar-refractivity contribution in [2.75, 3.05) is 5.75 Å². The number of carbonyl (C=O) groups is 2. The van der Waals surface area contributed by atoms with Gasteiger partial charge in [0.15, 0.2) is 9.84 Å². The molecule has 1 aliphatic carbocycles. The Morgan fingerprint density at radius 1 is 1.21 bits per heavy atom. The van der Waals surface area contributed by atoms with E-state index >= 15 is 0 Å². The predicted molar refractivity (Wildman–Crippen MR) is 100.0 cm³/mol. The van der Waals surface area contributed by atoms with Crippen LogP contribution in [-0.4, -0.2) is 43.2 Å². The fourth-order valence-corrected chi connectivity index (χ4v) is 5.80. The number of ketones is 1. The molecule has 2 fully saturated rings. The Bertz CT molecular complexity index is 851. The van der Waals surface area contributed by atoms with Crippen LogP contribution in [0.4, 0.5) is 0 Å². The molecule has 7 nitrogen and oxygen atoms in total. The van der Waals surface area contributed by atoms with Gasteiger partial charge in [-0.25, -0.2) is 18.2 Å². The summed E-state index contributed by atoms with van der Waals surface area (Å²) in [6.45, 7) is 4.84. The van der Waals surface area contributed by atoms with Gasteiger partial charge in [-0.3, -0.25) is 9.59 Å². The Labute approximate surface area is 165 Å². The van der Waals surface area contributed by atoms with Crippen molar-refractivity contribution >= 4 is 21.6 Å². The quantitative estimate of drug-likeness (QED) is 0.404. The molecule has 3 unspecified atom stereocenters. The fourth-order valence-electron chi connectivity index (χ4n) is 4.03. The van der Waals surface area contributed by atoms with Gasteiger partial charge < -0.3 is 4.74 Å². The van der Waals surface area contributed by atoms with Crippen LogP contribution in [-0.2, 0) is 33.9 Å². The van der Waals surface area contributed by atoms with E-state index in [-0.39, 0.29) is 28.8 Å². The Morgan fingerprint density at radius 2 is 1.89 bits per heavy atom. The highest BCUT2D eigenvalue weighted by molar-refractivity contribution is 7.91. The summed E-state index contributed by atoms with van der Waals surface area (Å²) in [4.78, 5) is 34.5. The predicted octanol–water partition coefficient (Wildman–Crippen LogP) is 2.63. The zero-order chi connectivity index (χ0) is 20.6. The molecular formula is C20H26O7S. The second kappa shape index (κ2) is 7.57. The van der Waals surface area contributed by atoms with E-state index in [2.05, 4.69) is 0 Å². The van der Waals surface area contributed by atoms with Crippen LogP contribution in [0.1, 0.15) is 46.5 Å². The SMILES string of the molecule is CC(=O)CC(=O)OC1(C)CCC2CC1OO[C@@]2(C)CS(=O)(=O)c1ccccc1. The lowest BCUT2D eigenvalue weighted by molar-refractivity contribution is -0.441. The number of rotatable bonds is 6. The van der Waals surface area contributed by atoms with E-state index in [4.69, 9.17) is 14.5 Å². The molecular weight excluding hydrogens is 384 g/mol. The topological polar surface area (TPSA) is 96.0 Å². The molecule has 0 amide bonds. The lowest BCUT2D eigenvalue weighted by Gasteiger charge is -2.51. The highest BCUT2D eigenvalue weighted by atomic mass is 32.2. The van der Waals surface area contributed by atoms with Gasteiger partial charge in [0.25, 0.3) is 0 Å². The molecule has 2 aliphatic rings. The first-order chi connectivity index (χ1) is 13.0. The number of fused-ring (bicyclic) bond motifs is 2. The summed E-state index contributed by atoms with van der Waals surface area (Å²) in [6.07, 6.45) is 0.875. The molecule has 8 heteroatoms. The monoisotopic (exact) mass is 410 g/mol. The number of esters is 1. The van der Waals surface area contributed by atoms with Crippen molar-refractivity contribution in [2.45, 2.75) is 68.7 Å². The molecule has 1 saturated heterocycles. The third-order valence-electron chi connectivity index (χ3n) is 5.71. The van der Waals surface area contributed by atoms with Crippen molar-refractivity contribution < 1.29 is 32.5 Å². The Kier molecular flexibility index (Phi) is 5.67. The highest BCUT2D eigenvalue weighted by Crippen LogP contribution is 2.47. The van der Waals surface area contributed by atoms with Gasteiger partial charge in [-0.2, -0.15) is 0 Å². The molecule has 0 spiro atoms. The molecule has 0 N–H and O–H groups in total. The van der Waals surface area contributed by atoms with Gasteiger partial charge in [0, 0.05) is 0 Å². The van der Waals surface area contributed by atoms with Crippen LogP contribution < -0.4 is 0 Å². The van der Waals surface area contributed by atoms with E-state index in [1.54, 1.807) is 44.2 Å². The van der Waals surface area contributed by atoms with Crippen LogP contribution in [0.3, 0.4) is 0 Å². The van der Waals surface area contributed by atoms with Crippen LogP contribution in [0.5, 0.6) is 0 Å². The summed E-state index contributed by atoms with van der Waals surface area (Å²) >= 11 is 0. The van der Waals surface area contributed by atoms with Gasteiger partial charge in [-0.1, -0.05) is 18.2 Å². The summed E-state index contributed by atoms with van der Waals surface area (Å²) in [5.74, 6) is -1.09. The first-order valence-corrected chi connectivity index (χ1v) is 11.0. The van der Waals surface area contributed by atoms with Gasteiger partial charge in [-0.05, 0) is 58.1 Å². The molecule has 0 aromatic heterocycles. The molecule has 4 atom stereocenters. The second-order valence-corrected chi connectivity index (χ2v) is 10.2. The normalized spacial score (nSPS) is 32.5. The van der Waals surface area contributed by atoms with Gasteiger partial charge in [-0.15, -0.1) is 0 Å². The number of hydrogen-bond donors (Lipinski definition) is 0. The molecule has 1 heterocycles. The molecule has 1 aliphatic heterocycles. The molecule has 3 rings (SSSR count). The maximum atomic E-state index is 12.8. The van der Waals surface area contributed by atoms with Crippen LogP contribution in [0.2, 0.25) is 0 Å². The molecule has 154 valence electrons. The minimum atomic E-state index is -3.54. The average molecular weight is 410 g/mol. The Morgan fingerprint density at radius 3 is 2.54 bits per heavy atom. The van der Waals surface area contributed by atoms with Gasteiger partial charge in [0.1, 0.15) is 29.5 Å². The second-order valence-electron chi connectivity index (χ2n) is 8.19. The number of sulfone groups is 1. The number of carbonyl (C=O) groups excluding carboxylic acids is 2. The van der Waals surface area contributed by atoms with E-state index in [1.807, 2.05) is 0 Å². The van der Waals surface area contributed by atoms with Crippen LogP contribution in [0, 0.1) is 5.92 Å². The third-order valence-corrected chi connectivity index (χ3v) is 7.65. The summed E-state index contributed by atoms with van der Waals surface area (Å²) in [5.41, 5.74) is -1.89. The summed E-state index contributed by atoms with van der Waals surface area (Å²) < 4.78 is 31.1. The number of Topliss-reactive ketones (excluding diaryl/α,β-unsaturated/α-hetero) is 1. The zero-order valence-electron chi connectivity index (χ0n) is 16.3. The van der Waals surface area contributed by atoms with Gasteiger partial charge in [0.05, 0.1) is 10.6 Å². The van der Waals surface area contributed by atoms with Gasteiger partial charge >= 0.3 is 5.97 Å². The van der Waals surface area contributed by atoms with Crippen LogP contribution in [0.25, 0.3) is 0 Å². The Balaban J connectivity index is 1.71. The molecule has 28 heavy (non-hydrogen) atoms. The third kappa shape index (κ3) is 4.29. The largest absolute Gasteiger partial charge is 0.456 e. The zero-order valence-corrected chi connectivity index (χ0v) is 17.2. The summed E-state index contributed by atoms with van der Waals surface area (Å²) in [5, 5.41) is 0. The van der Waals surface area contributed by atoms with Crippen molar-refractivity contribution in [2.24, 2.45) is 5.92 Å².